The third-order valence-corrected chi connectivity index (χ3v) is 1.71. The fourth-order valence-corrected chi connectivity index (χ4v) is 1.10. The molecule has 4 nitrogen and oxygen atoms in total. The number of aldehydes is 1. The molecule has 0 atom stereocenters. The van der Waals surface area contributed by atoms with E-state index in [9.17, 15) is 22.8 Å². The Morgan fingerprint density at radius 3 is 2.56 bits per heavy atom. The quantitative estimate of drug-likeness (QED) is 0.649. The number of carbonyl (C=O) groups is 2. The first-order valence-electron chi connectivity index (χ1n) is 4.42. The molecule has 0 aromatic heterocycles. The fraction of sp³-hybridized carbons (Fsp3) is 0.0909. The smallest absolute Gasteiger partial charge is 0.478 e. The van der Waals surface area contributed by atoms with Crippen LogP contribution in [0.3, 0.4) is 0 Å². The summed E-state index contributed by atoms with van der Waals surface area (Å²) < 4.78 is 39.8. The van der Waals surface area contributed by atoms with Crippen LogP contribution >= 0.6 is 0 Å². The zero-order valence-electron chi connectivity index (χ0n) is 8.62. The summed E-state index contributed by atoms with van der Waals surface area (Å²) in [6, 6.07) is 2.88. The summed E-state index contributed by atoms with van der Waals surface area (Å²) >= 11 is 0. The van der Waals surface area contributed by atoms with Crippen molar-refractivity contribution in [3.8, 4) is 17.6 Å². The molecule has 0 aliphatic rings. The Morgan fingerprint density at radius 1 is 1.39 bits per heavy atom. The van der Waals surface area contributed by atoms with Crippen molar-refractivity contribution in [3.05, 3.63) is 29.3 Å². The Morgan fingerprint density at radius 2 is 2.06 bits per heavy atom. The lowest BCUT2D eigenvalue weighted by molar-refractivity contribution is -0.274. The van der Waals surface area contributed by atoms with Crippen molar-refractivity contribution >= 4 is 12.3 Å². The Bertz CT molecular complexity index is 537. The van der Waals surface area contributed by atoms with E-state index >= 15 is 0 Å². The highest BCUT2D eigenvalue weighted by Gasteiger charge is 2.33. The molecule has 0 fully saturated rings. The summed E-state index contributed by atoms with van der Waals surface area (Å²) in [5.74, 6) is 1.77. The molecular weight excluding hydrogens is 253 g/mol. The second-order valence-corrected chi connectivity index (χ2v) is 2.95. The van der Waals surface area contributed by atoms with Gasteiger partial charge in [0.1, 0.15) is 11.3 Å². The van der Waals surface area contributed by atoms with Gasteiger partial charge in [-0.3, -0.25) is 4.79 Å². The molecule has 0 amide bonds. The van der Waals surface area contributed by atoms with Gasteiger partial charge in [0.15, 0.2) is 6.29 Å². The van der Waals surface area contributed by atoms with E-state index < -0.39 is 23.6 Å². The second-order valence-electron chi connectivity index (χ2n) is 2.95. The van der Waals surface area contributed by atoms with E-state index in [0.29, 0.717) is 0 Å². The van der Waals surface area contributed by atoms with Gasteiger partial charge in [-0.2, -0.15) is 0 Å². The van der Waals surface area contributed by atoms with Crippen LogP contribution in [0.2, 0.25) is 0 Å². The van der Waals surface area contributed by atoms with Crippen LogP contribution in [-0.2, 0) is 4.79 Å². The molecule has 0 heterocycles. The van der Waals surface area contributed by atoms with E-state index in [0.717, 1.165) is 12.1 Å². The van der Waals surface area contributed by atoms with Crippen LogP contribution in [0.25, 0.3) is 0 Å². The number of alkyl halides is 3. The number of hydrogen-bond donors (Lipinski definition) is 1. The van der Waals surface area contributed by atoms with Gasteiger partial charge in [0, 0.05) is 5.56 Å². The zero-order chi connectivity index (χ0) is 13.8. The average molecular weight is 258 g/mol. The van der Waals surface area contributed by atoms with Crippen LogP contribution < -0.4 is 4.74 Å². The van der Waals surface area contributed by atoms with E-state index in [1.54, 1.807) is 0 Å². The van der Waals surface area contributed by atoms with E-state index in [4.69, 9.17) is 5.11 Å². The van der Waals surface area contributed by atoms with Crippen molar-refractivity contribution in [1.82, 2.24) is 0 Å². The molecule has 0 aliphatic heterocycles. The van der Waals surface area contributed by atoms with Gasteiger partial charge in [-0.05, 0) is 24.1 Å². The predicted molar refractivity (Wildman–Crippen MR) is 53.0 cm³/mol. The van der Waals surface area contributed by atoms with Gasteiger partial charge in [-0.25, -0.2) is 4.79 Å². The molecule has 18 heavy (non-hydrogen) atoms. The van der Waals surface area contributed by atoms with Gasteiger partial charge in [0.05, 0.1) is 0 Å². The number of halogens is 3. The molecule has 1 rings (SSSR count). The minimum atomic E-state index is -5.01. The van der Waals surface area contributed by atoms with Crippen LogP contribution in [0.1, 0.15) is 15.9 Å². The number of benzene rings is 1. The van der Waals surface area contributed by atoms with Gasteiger partial charge < -0.3 is 9.84 Å². The summed E-state index contributed by atoms with van der Waals surface area (Å²) in [5, 5.41) is 8.69. The standard InChI is InChI=1S/C11H5F3O4/c12-11(13,14)18-9-6-7(2-1-5-15)3-4-8(9)10(16)17/h3-6H,(H,16,17). The van der Waals surface area contributed by atoms with Crippen molar-refractivity contribution in [3.63, 3.8) is 0 Å². The summed E-state index contributed by atoms with van der Waals surface area (Å²) in [4.78, 5) is 20.7. The normalized spacial score (nSPS) is 10.2. The topological polar surface area (TPSA) is 63.6 Å². The van der Waals surface area contributed by atoms with Crippen LogP contribution in [0, 0.1) is 11.8 Å². The molecular formula is C11H5F3O4. The van der Waals surface area contributed by atoms with Crippen LogP contribution in [0.15, 0.2) is 18.2 Å². The number of aromatic carboxylic acids is 1. The monoisotopic (exact) mass is 258 g/mol. The molecule has 0 spiro atoms. The van der Waals surface area contributed by atoms with Crippen LogP contribution in [-0.4, -0.2) is 23.7 Å². The molecule has 0 saturated carbocycles. The third kappa shape index (κ3) is 3.83. The minimum Gasteiger partial charge on any atom is -0.478 e. The summed E-state index contributed by atoms with van der Waals surface area (Å²) in [5.41, 5.74) is -0.615. The Labute approximate surface area is 99.0 Å². The highest BCUT2D eigenvalue weighted by Crippen LogP contribution is 2.27. The predicted octanol–water partition coefficient (Wildman–Crippen LogP) is 1.83. The lowest BCUT2D eigenvalue weighted by Gasteiger charge is -2.11. The summed E-state index contributed by atoms with van der Waals surface area (Å²) in [6.45, 7) is 0. The van der Waals surface area contributed by atoms with Gasteiger partial charge in [0.25, 0.3) is 0 Å². The van der Waals surface area contributed by atoms with E-state index in [1.165, 1.54) is 6.07 Å². The number of hydrogen-bond acceptors (Lipinski definition) is 3. The maximum absolute atomic E-state index is 12.1. The van der Waals surface area contributed by atoms with E-state index in [-0.39, 0.29) is 11.8 Å². The second kappa shape index (κ2) is 5.23. The van der Waals surface area contributed by atoms with Gasteiger partial charge in [0.2, 0.25) is 0 Å². The van der Waals surface area contributed by atoms with Crippen molar-refractivity contribution in [1.29, 1.82) is 0 Å². The van der Waals surface area contributed by atoms with Crippen molar-refractivity contribution in [2.75, 3.05) is 0 Å². The number of carboxylic acid groups (broad SMARTS) is 1. The molecule has 1 aromatic carbocycles. The molecule has 0 radical (unpaired) electrons. The van der Waals surface area contributed by atoms with E-state index in [2.05, 4.69) is 10.7 Å². The molecule has 0 unspecified atom stereocenters. The molecule has 1 N–H and O–H groups in total. The minimum absolute atomic E-state index is 0.0337. The lowest BCUT2D eigenvalue weighted by Crippen LogP contribution is -2.19. The average Bonchev–Trinajstić information content (AvgIpc) is 2.23. The Balaban J connectivity index is 3.23. The number of ether oxygens (including phenoxy) is 1. The zero-order valence-corrected chi connectivity index (χ0v) is 8.62. The first-order valence-corrected chi connectivity index (χ1v) is 4.42. The number of carboxylic acids is 1. The maximum atomic E-state index is 12.1. The van der Waals surface area contributed by atoms with Crippen LogP contribution in [0.4, 0.5) is 13.2 Å². The van der Waals surface area contributed by atoms with Gasteiger partial charge in [-0.15, -0.1) is 13.2 Å². The van der Waals surface area contributed by atoms with Crippen molar-refractivity contribution in [2.45, 2.75) is 6.36 Å². The number of rotatable bonds is 2. The van der Waals surface area contributed by atoms with Crippen LogP contribution in [0.5, 0.6) is 5.75 Å². The van der Waals surface area contributed by atoms with Gasteiger partial charge in [-0.1, -0.05) is 5.92 Å². The lowest BCUT2D eigenvalue weighted by atomic mass is 10.1. The van der Waals surface area contributed by atoms with Crippen molar-refractivity contribution < 1.29 is 32.6 Å². The largest absolute Gasteiger partial charge is 0.573 e. The Kier molecular flexibility index (Phi) is 3.94. The molecule has 0 bridgehead atoms. The molecule has 0 saturated heterocycles. The first kappa shape index (κ1) is 13.6. The molecule has 7 heteroatoms. The third-order valence-electron chi connectivity index (χ3n) is 1.71. The highest BCUT2D eigenvalue weighted by molar-refractivity contribution is 5.91. The molecule has 0 aliphatic carbocycles. The summed E-state index contributed by atoms with van der Waals surface area (Å²) in [6.07, 6.45) is -4.75. The summed E-state index contributed by atoms with van der Waals surface area (Å²) in [7, 11) is 0. The molecule has 1 aromatic rings. The maximum Gasteiger partial charge on any atom is 0.573 e. The first-order chi connectivity index (χ1) is 8.33. The number of carbonyl (C=O) groups excluding carboxylic acids is 1. The highest BCUT2D eigenvalue weighted by atomic mass is 19.4. The molecule has 94 valence electrons. The fourth-order valence-electron chi connectivity index (χ4n) is 1.10. The Hall–Kier alpha value is -2.49. The van der Waals surface area contributed by atoms with Crippen molar-refractivity contribution in [2.24, 2.45) is 0 Å². The SMILES string of the molecule is O=CC#Cc1ccc(C(=O)O)c(OC(F)(F)F)c1. The van der Waals surface area contributed by atoms with E-state index in [1.807, 2.05) is 5.92 Å². The van der Waals surface area contributed by atoms with Gasteiger partial charge >= 0.3 is 12.3 Å².